The van der Waals surface area contributed by atoms with Crippen molar-refractivity contribution in [1.82, 2.24) is 9.78 Å². The lowest BCUT2D eigenvalue weighted by Gasteiger charge is -2.22. The zero-order valence-electron chi connectivity index (χ0n) is 11.5. The van der Waals surface area contributed by atoms with Gasteiger partial charge in [-0.1, -0.05) is 32.1 Å². The quantitative estimate of drug-likeness (QED) is 0.923. The molecular weight excluding hydrogens is 306 g/mol. The Morgan fingerprint density at radius 2 is 1.95 bits per heavy atom. The molecule has 0 amide bonds. The van der Waals surface area contributed by atoms with E-state index < -0.39 is 0 Å². The topological polar surface area (TPSA) is 46.9 Å². The van der Waals surface area contributed by atoms with Crippen LogP contribution in [0.3, 0.4) is 0 Å². The SMILES string of the molecule is CCn1ncc(NC2CCCCCCC2)c(Br)c1=O. The van der Waals surface area contributed by atoms with Gasteiger partial charge in [0.1, 0.15) is 4.47 Å². The van der Waals surface area contributed by atoms with Crippen LogP contribution in [-0.2, 0) is 6.54 Å². The fourth-order valence-electron chi connectivity index (χ4n) is 2.61. The number of hydrogen-bond acceptors (Lipinski definition) is 3. The number of rotatable bonds is 3. The highest BCUT2D eigenvalue weighted by Crippen LogP contribution is 2.23. The summed E-state index contributed by atoms with van der Waals surface area (Å²) in [5, 5.41) is 7.66. The molecule has 4 nitrogen and oxygen atoms in total. The summed E-state index contributed by atoms with van der Waals surface area (Å²) in [6, 6.07) is 0.468. The van der Waals surface area contributed by atoms with Crippen molar-refractivity contribution in [2.45, 2.75) is 64.5 Å². The summed E-state index contributed by atoms with van der Waals surface area (Å²) in [5.74, 6) is 0. The fourth-order valence-corrected chi connectivity index (χ4v) is 3.03. The smallest absolute Gasteiger partial charge is 0.283 e. The Morgan fingerprint density at radius 1 is 1.32 bits per heavy atom. The van der Waals surface area contributed by atoms with Crippen LogP contribution in [0.15, 0.2) is 15.5 Å². The molecule has 1 saturated carbocycles. The molecule has 1 aromatic rings. The predicted molar refractivity (Wildman–Crippen MR) is 81.6 cm³/mol. The van der Waals surface area contributed by atoms with Crippen LogP contribution in [-0.4, -0.2) is 15.8 Å². The minimum Gasteiger partial charge on any atom is -0.380 e. The van der Waals surface area contributed by atoms with Gasteiger partial charge in [0.25, 0.3) is 5.56 Å². The van der Waals surface area contributed by atoms with Crippen molar-refractivity contribution in [3.63, 3.8) is 0 Å². The third-order valence-electron chi connectivity index (χ3n) is 3.75. The minimum atomic E-state index is -0.0571. The molecular formula is C14H22BrN3O. The van der Waals surface area contributed by atoms with Crippen LogP contribution >= 0.6 is 15.9 Å². The highest BCUT2D eigenvalue weighted by atomic mass is 79.9. The largest absolute Gasteiger partial charge is 0.380 e. The molecule has 0 aromatic carbocycles. The van der Waals surface area contributed by atoms with E-state index in [9.17, 15) is 4.79 Å². The van der Waals surface area contributed by atoms with Gasteiger partial charge in [-0.25, -0.2) is 4.68 Å². The molecule has 1 aromatic heterocycles. The van der Waals surface area contributed by atoms with Gasteiger partial charge in [0.2, 0.25) is 0 Å². The Hall–Kier alpha value is -0.840. The maximum absolute atomic E-state index is 12.0. The van der Waals surface area contributed by atoms with E-state index in [2.05, 4.69) is 26.3 Å². The van der Waals surface area contributed by atoms with Gasteiger partial charge in [0.15, 0.2) is 0 Å². The maximum Gasteiger partial charge on any atom is 0.283 e. The lowest BCUT2D eigenvalue weighted by Crippen LogP contribution is -2.26. The van der Waals surface area contributed by atoms with E-state index >= 15 is 0 Å². The Bertz CT molecular complexity index is 464. The molecule has 0 aliphatic heterocycles. The molecule has 5 heteroatoms. The zero-order chi connectivity index (χ0) is 13.7. The first kappa shape index (κ1) is 14.6. The molecule has 0 saturated heterocycles. The first-order valence-electron chi connectivity index (χ1n) is 7.24. The Balaban J connectivity index is 2.09. The number of nitrogens with zero attached hydrogens (tertiary/aromatic N) is 2. The van der Waals surface area contributed by atoms with E-state index in [1.807, 2.05) is 6.92 Å². The molecule has 1 N–H and O–H groups in total. The van der Waals surface area contributed by atoms with Gasteiger partial charge in [-0.05, 0) is 35.7 Å². The highest BCUT2D eigenvalue weighted by Gasteiger charge is 2.14. The molecule has 0 atom stereocenters. The maximum atomic E-state index is 12.0. The van der Waals surface area contributed by atoms with Crippen LogP contribution in [0.1, 0.15) is 51.9 Å². The van der Waals surface area contributed by atoms with Crippen LogP contribution < -0.4 is 10.9 Å². The molecule has 0 bridgehead atoms. The zero-order valence-corrected chi connectivity index (χ0v) is 13.1. The molecule has 19 heavy (non-hydrogen) atoms. The Kier molecular flexibility index (Phi) is 5.43. The van der Waals surface area contributed by atoms with Crippen LogP contribution in [0.25, 0.3) is 0 Å². The third-order valence-corrected chi connectivity index (χ3v) is 4.52. The van der Waals surface area contributed by atoms with Crippen LogP contribution in [0.2, 0.25) is 0 Å². The number of aryl methyl sites for hydroxylation is 1. The fraction of sp³-hybridized carbons (Fsp3) is 0.714. The van der Waals surface area contributed by atoms with Gasteiger partial charge >= 0.3 is 0 Å². The van der Waals surface area contributed by atoms with Crippen molar-refractivity contribution in [1.29, 1.82) is 0 Å². The molecule has 106 valence electrons. The molecule has 1 aliphatic carbocycles. The first-order chi connectivity index (χ1) is 9.22. The first-order valence-corrected chi connectivity index (χ1v) is 8.04. The molecule has 2 rings (SSSR count). The Labute approximate surface area is 122 Å². The second-order valence-corrected chi connectivity index (χ2v) is 5.97. The van der Waals surface area contributed by atoms with E-state index in [0.29, 0.717) is 17.1 Å². The van der Waals surface area contributed by atoms with E-state index in [4.69, 9.17) is 0 Å². The van der Waals surface area contributed by atoms with Crippen molar-refractivity contribution in [2.24, 2.45) is 0 Å². The average Bonchev–Trinajstić information content (AvgIpc) is 2.38. The molecule has 0 radical (unpaired) electrons. The van der Waals surface area contributed by atoms with Crippen LogP contribution in [0, 0.1) is 0 Å². The van der Waals surface area contributed by atoms with Gasteiger partial charge < -0.3 is 5.32 Å². The van der Waals surface area contributed by atoms with Gasteiger partial charge in [0, 0.05) is 12.6 Å². The minimum absolute atomic E-state index is 0.0571. The van der Waals surface area contributed by atoms with Crippen LogP contribution in [0.4, 0.5) is 5.69 Å². The second kappa shape index (κ2) is 7.08. The van der Waals surface area contributed by atoms with E-state index in [1.165, 1.54) is 49.6 Å². The van der Waals surface area contributed by atoms with E-state index in [0.717, 1.165) is 5.69 Å². The Morgan fingerprint density at radius 3 is 2.58 bits per heavy atom. The summed E-state index contributed by atoms with van der Waals surface area (Å²) in [5.41, 5.74) is 0.776. The number of aromatic nitrogens is 2. The van der Waals surface area contributed by atoms with Gasteiger partial charge in [-0.15, -0.1) is 0 Å². The van der Waals surface area contributed by atoms with Crippen LogP contribution in [0.5, 0.6) is 0 Å². The number of halogens is 1. The van der Waals surface area contributed by atoms with Crippen molar-refractivity contribution in [2.75, 3.05) is 5.32 Å². The highest BCUT2D eigenvalue weighted by molar-refractivity contribution is 9.10. The normalized spacial score (nSPS) is 17.8. The lowest BCUT2D eigenvalue weighted by molar-refractivity contribution is 0.471. The summed E-state index contributed by atoms with van der Waals surface area (Å²) in [7, 11) is 0. The number of hydrogen-bond donors (Lipinski definition) is 1. The molecule has 0 spiro atoms. The molecule has 0 unspecified atom stereocenters. The third kappa shape index (κ3) is 3.81. The monoisotopic (exact) mass is 327 g/mol. The molecule has 1 aliphatic rings. The molecule has 1 heterocycles. The van der Waals surface area contributed by atoms with Gasteiger partial charge in [-0.3, -0.25) is 4.79 Å². The average molecular weight is 328 g/mol. The van der Waals surface area contributed by atoms with Crippen molar-refractivity contribution < 1.29 is 0 Å². The summed E-state index contributed by atoms with van der Waals surface area (Å²) >= 11 is 3.40. The summed E-state index contributed by atoms with van der Waals surface area (Å²) in [6.07, 6.45) is 10.7. The summed E-state index contributed by atoms with van der Waals surface area (Å²) < 4.78 is 2.07. The van der Waals surface area contributed by atoms with Crippen molar-refractivity contribution >= 4 is 21.6 Å². The summed E-state index contributed by atoms with van der Waals surface area (Å²) in [4.78, 5) is 12.0. The van der Waals surface area contributed by atoms with Gasteiger partial charge in [-0.2, -0.15) is 5.10 Å². The number of anilines is 1. The standard InChI is InChI=1S/C14H22BrN3O/c1-2-18-14(19)13(15)12(10-16-18)17-11-8-6-4-3-5-7-9-11/h10-11,17H,2-9H2,1H3. The second-order valence-electron chi connectivity index (χ2n) is 5.18. The predicted octanol–water partition coefficient (Wildman–Crippen LogP) is 3.55. The van der Waals surface area contributed by atoms with Crippen molar-refractivity contribution in [3.8, 4) is 0 Å². The lowest BCUT2D eigenvalue weighted by atomic mass is 9.96. The van der Waals surface area contributed by atoms with E-state index in [1.54, 1.807) is 6.20 Å². The van der Waals surface area contributed by atoms with Gasteiger partial charge in [0.05, 0.1) is 11.9 Å². The molecule has 1 fully saturated rings. The van der Waals surface area contributed by atoms with E-state index in [-0.39, 0.29) is 5.56 Å². The summed E-state index contributed by atoms with van der Waals surface area (Å²) in [6.45, 7) is 2.52. The van der Waals surface area contributed by atoms with Crippen molar-refractivity contribution in [3.05, 3.63) is 21.0 Å². The number of nitrogens with one attached hydrogen (secondary N) is 1.